The lowest BCUT2D eigenvalue weighted by molar-refractivity contribution is 0.561. The van der Waals surface area contributed by atoms with Crippen LogP contribution in [0.1, 0.15) is 11.5 Å². The van der Waals surface area contributed by atoms with Crippen molar-refractivity contribution in [3.05, 3.63) is 35.7 Å². The van der Waals surface area contributed by atoms with E-state index in [-0.39, 0.29) is 0 Å². The van der Waals surface area contributed by atoms with Crippen molar-refractivity contribution in [2.45, 2.75) is 6.92 Å². The minimum absolute atomic E-state index is 0.704. The molecule has 3 heteroatoms. The predicted octanol–water partition coefficient (Wildman–Crippen LogP) is 3.08. The van der Waals surface area contributed by atoms with Gasteiger partial charge in [-0.1, -0.05) is 18.2 Å². The second-order valence-corrected chi connectivity index (χ2v) is 3.41. The van der Waals surface area contributed by atoms with Crippen LogP contribution in [0.4, 0.5) is 0 Å². The lowest BCUT2D eigenvalue weighted by atomic mass is 10.2. The van der Waals surface area contributed by atoms with Gasteiger partial charge in [-0.05, 0) is 17.7 Å². The molecule has 0 aliphatic rings. The number of aromatic nitrogens is 1. The third-order valence-electron chi connectivity index (χ3n) is 1.93. The Morgan fingerprint density at radius 1 is 1.50 bits per heavy atom. The summed E-state index contributed by atoms with van der Waals surface area (Å²) in [5, 5.41) is 0. The van der Waals surface area contributed by atoms with Gasteiger partial charge in [0.25, 0.3) is 0 Å². The molecule has 0 unspecified atom stereocenters. The fraction of sp³-hybridized carbons (Fsp3) is 0.182. The Labute approximate surface area is 88.1 Å². The Bertz CT molecular complexity index is 473. The van der Waals surface area contributed by atoms with E-state index < -0.39 is 0 Å². The molecule has 0 aliphatic carbocycles. The zero-order valence-corrected chi connectivity index (χ0v) is 8.79. The van der Waals surface area contributed by atoms with Crippen LogP contribution in [0.2, 0.25) is 0 Å². The van der Waals surface area contributed by atoms with E-state index >= 15 is 0 Å². The molecule has 14 heavy (non-hydrogen) atoms. The zero-order valence-electron chi connectivity index (χ0n) is 7.90. The van der Waals surface area contributed by atoms with Crippen molar-refractivity contribution in [1.82, 2.24) is 4.98 Å². The quantitative estimate of drug-likeness (QED) is 0.762. The zero-order chi connectivity index (χ0) is 9.97. The maximum atomic E-state index is 5.38. The van der Waals surface area contributed by atoms with Gasteiger partial charge in [0.05, 0.1) is 0 Å². The van der Waals surface area contributed by atoms with Crippen molar-refractivity contribution in [2.75, 3.05) is 5.75 Å². The molecule has 0 aliphatic heterocycles. The molecular weight excluding hydrogens is 194 g/mol. The highest BCUT2D eigenvalue weighted by Gasteiger charge is 2.00. The molecule has 2 aromatic rings. The van der Waals surface area contributed by atoms with Gasteiger partial charge >= 0.3 is 0 Å². The van der Waals surface area contributed by atoms with Crippen molar-refractivity contribution in [2.24, 2.45) is 0 Å². The van der Waals surface area contributed by atoms with Crippen LogP contribution < -0.4 is 0 Å². The van der Waals surface area contributed by atoms with Crippen LogP contribution in [-0.4, -0.2) is 10.7 Å². The van der Waals surface area contributed by atoms with Gasteiger partial charge in [0, 0.05) is 12.7 Å². The summed E-state index contributed by atoms with van der Waals surface area (Å²) in [6, 6.07) is 5.95. The summed E-state index contributed by atoms with van der Waals surface area (Å²) in [4.78, 5) is 4.26. The Morgan fingerprint density at radius 2 is 2.36 bits per heavy atom. The van der Waals surface area contributed by atoms with Gasteiger partial charge in [-0.2, -0.15) is 12.6 Å². The maximum absolute atomic E-state index is 5.38. The van der Waals surface area contributed by atoms with Crippen LogP contribution in [0, 0.1) is 6.92 Å². The number of thiol groups is 1. The van der Waals surface area contributed by atoms with Crippen LogP contribution in [0.15, 0.2) is 28.7 Å². The van der Waals surface area contributed by atoms with Crippen molar-refractivity contribution >= 4 is 29.8 Å². The summed E-state index contributed by atoms with van der Waals surface area (Å²) in [7, 11) is 0. The Balaban J connectivity index is 2.45. The van der Waals surface area contributed by atoms with E-state index in [0.717, 1.165) is 22.4 Å². The fourth-order valence-electron chi connectivity index (χ4n) is 1.35. The molecule has 0 saturated carbocycles. The molecule has 1 heterocycles. The second-order valence-electron chi connectivity index (χ2n) is 3.04. The fourth-order valence-corrected chi connectivity index (χ4v) is 1.46. The molecule has 1 aromatic carbocycles. The van der Waals surface area contributed by atoms with Crippen LogP contribution >= 0.6 is 12.6 Å². The standard InChI is InChI=1S/C11H11NOS/c1-8-12-10-7-9(3-2-6-14)4-5-11(10)13-8/h2-5,7,14H,6H2,1H3. The summed E-state index contributed by atoms with van der Waals surface area (Å²) >= 11 is 4.11. The highest BCUT2D eigenvalue weighted by molar-refractivity contribution is 7.80. The van der Waals surface area contributed by atoms with Crippen LogP contribution in [0.5, 0.6) is 0 Å². The van der Waals surface area contributed by atoms with Crippen molar-refractivity contribution < 1.29 is 4.42 Å². The minimum Gasteiger partial charge on any atom is -0.441 e. The first-order valence-electron chi connectivity index (χ1n) is 4.44. The average Bonchev–Trinajstić information content (AvgIpc) is 2.54. The molecular formula is C11H11NOS. The summed E-state index contributed by atoms with van der Waals surface area (Å²) < 4.78 is 5.38. The van der Waals surface area contributed by atoms with E-state index in [4.69, 9.17) is 4.42 Å². The first kappa shape index (κ1) is 9.34. The summed E-state index contributed by atoms with van der Waals surface area (Å²) in [6.07, 6.45) is 4.02. The van der Waals surface area contributed by atoms with Gasteiger partial charge in [0.2, 0.25) is 0 Å². The van der Waals surface area contributed by atoms with E-state index in [9.17, 15) is 0 Å². The average molecular weight is 205 g/mol. The Morgan fingerprint density at radius 3 is 3.14 bits per heavy atom. The molecule has 72 valence electrons. The number of rotatable bonds is 2. The normalized spacial score (nSPS) is 11.6. The number of benzene rings is 1. The SMILES string of the molecule is Cc1nc2cc(C=CCS)ccc2o1. The smallest absolute Gasteiger partial charge is 0.192 e. The van der Waals surface area contributed by atoms with Crippen LogP contribution in [0.3, 0.4) is 0 Å². The number of aryl methyl sites for hydroxylation is 1. The molecule has 1 aromatic heterocycles. The first-order chi connectivity index (χ1) is 6.79. The topological polar surface area (TPSA) is 26.0 Å². The van der Waals surface area contributed by atoms with Crippen molar-refractivity contribution in [3.63, 3.8) is 0 Å². The lowest BCUT2D eigenvalue weighted by Gasteiger charge is -1.91. The van der Waals surface area contributed by atoms with Crippen LogP contribution in [-0.2, 0) is 0 Å². The molecule has 0 atom stereocenters. The molecule has 0 saturated heterocycles. The van der Waals surface area contributed by atoms with E-state index in [2.05, 4.69) is 17.6 Å². The van der Waals surface area contributed by atoms with E-state index in [1.165, 1.54) is 0 Å². The van der Waals surface area contributed by atoms with Gasteiger partial charge in [-0.25, -0.2) is 4.98 Å². The summed E-state index contributed by atoms with van der Waals surface area (Å²) in [6.45, 7) is 1.85. The van der Waals surface area contributed by atoms with Crippen molar-refractivity contribution in [1.29, 1.82) is 0 Å². The lowest BCUT2D eigenvalue weighted by Crippen LogP contribution is -1.73. The highest BCUT2D eigenvalue weighted by Crippen LogP contribution is 2.17. The molecule has 2 rings (SSSR count). The Hall–Kier alpha value is -1.22. The van der Waals surface area contributed by atoms with Crippen LogP contribution in [0.25, 0.3) is 17.2 Å². The predicted molar refractivity (Wildman–Crippen MR) is 61.6 cm³/mol. The third kappa shape index (κ3) is 1.82. The van der Waals surface area contributed by atoms with Gasteiger partial charge < -0.3 is 4.42 Å². The second kappa shape index (κ2) is 3.88. The number of nitrogens with zero attached hydrogens (tertiary/aromatic N) is 1. The van der Waals surface area contributed by atoms with Gasteiger partial charge in [-0.3, -0.25) is 0 Å². The first-order valence-corrected chi connectivity index (χ1v) is 5.07. The third-order valence-corrected chi connectivity index (χ3v) is 2.15. The van der Waals surface area contributed by atoms with E-state index in [1.54, 1.807) is 0 Å². The van der Waals surface area contributed by atoms with Gasteiger partial charge in [0.15, 0.2) is 11.5 Å². The molecule has 0 fully saturated rings. The number of fused-ring (bicyclic) bond motifs is 1. The molecule has 0 N–H and O–H groups in total. The van der Waals surface area contributed by atoms with Gasteiger partial charge in [0.1, 0.15) is 5.52 Å². The maximum Gasteiger partial charge on any atom is 0.192 e. The highest BCUT2D eigenvalue weighted by atomic mass is 32.1. The molecule has 0 radical (unpaired) electrons. The number of hydrogen-bond donors (Lipinski definition) is 1. The summed E-state index contributed by atoms with van der Waals surface area (Å²) in [5.74, 6) is 1.45. The minimum atomic E-state index is 0.704. The van der Waals surface area contributed by atoms with Crippen molar-refractivity contribution in [3.8, 4) is 0 Å². The monoisotopic (exact) mass is 205 g/mol. The molecule has 0 amide bonds. The van der Waals surface area contributed by atoms with E-state index in [0.29, 0.717) is 5.89 Å². The number of hydrogen-bond acceptors (Lipinski definition) is 3. The molecule has 0 spiro atoms. The van der Waals surface area contributed by atoms with E-state index in [1.807, 2.05) is 37.3 Å². The molecule has 0 bridgehead atoms. The Kier molecular flexibility index (Phi) is 2.59. The van der Waals surface area contributed by atoms with Gasteiger partial charge in [-0.15, -0.1) is 0 Å². The summed E-state index contributed by atoms with van der Waals surface area (Å²) in [5.41, 5.74) is 2.87. The number of oxazole rings is 1. The largest absolute Gasteiger partial charge is 0.441 e. The molecule has 2 nitrogen and oxygen atoms in total.